The molecule has 2 bridgehead atoms. The molecular weight excluding hydrogens is 324 g/mol. The van der Waals surface area contributed by atoms with Crippen LogP contribution in [-0.2, 0) is 14.8 Å². The van der Waals surface area contributed by atoms with Gasteiger partial charge >= 0.3 is 0 Å². The van der Waals surface area contributed by atoms with Crippen LogP contribution in [0.3, 0.4) is 0 Å². The van der Waals surface area contributed by atoms with E-state index in [1.54, 1.807) is 0 Å². The molecular formula is C16H19F2NO3S. The van der Waals surface area contributed by atoms with E-state index in [4.69, 9.17) is 0 Å². The summed E-state index contributed by atoms with van der Waals surface area (Å²) in [6, 6.07) is 2.64. The first-order valence-electron chi connectivity index (χ1n) is 7.56. The van der Waals surface area contributed by atoms with Crippen LogP contribution in [0.4, 0.5) is 14.5 Å². The summed E-state index contributed by atoms with van der Waals surface area (Å²) in [5, 5.41) is 0. The summed E-state index contributed by atoms with van der Waals surface area (Å²) in [6.45, 7) is 3.87. The number of carbonyl (C=O) groups excluding carboxylic acids is 1. The molecule has 0 spiro atoms. The van der Waals surface area contributed by atoms with Crippen molar-refractivity contribution in [3.8, 4) is 0 Å². The lowest BCUT2D eigenvalue weighted by molar-refractivity contribution is -0.128. The third-order valence-electron chi connectivity index (χ3n) is 5.77. The molecule has 0 radical (unpaired) electrons. The fourth-order valence-electron chi connectivity index (χ4n) is 4.21. The summed E-state index contributed by atoms with van der Waals surface area (Å²) < 4.78 is 53.7. The van der Waals surface area contributed by atoms with Gasteiger partial charge in [-0.25, -0.2) is 17.2 Å². The number of hydrogen-bond donors (Lipinski definition) is 1. The van der Waals surface area contributed by atoms with Crippen molar-refractivity contribution >= 4 is 21.5 Å². The standard InChI is InChI=1S/C16H19F2NO3S/c1-15(2)10-5-6-16(15,14(20)7-10)9-23(21,22)19-13-4-3-11(17)8-12(13)18/h3-4,8,10,19H,5-7,9H2,1-2H3/t10-,16+/m1/s1. The summed E-state index contributed by atoms with van der Waals surface area (Å²) in [4.78, 5) is 12.4. The van der Waals surface area contributed by atoms with E-state index in [0.717, 1.165) is 18.6 Å². The molecule has 3 rings (SSSR count). The van der Waals surface area contributed by atoms with Gasteiger partial charge < -0.3 is 0 Å². The largest absolute Gasteiger partial charge is 0.299 e. The first kappa shape index (κ1) is 16.4. The minimum Gasteiger partial charge on any atom is -0.299 e. The number of halogens is 2. The summed E-state index contributed by atoms with van der Waals surface area (Å²) in [7, 11) is -3.93. The van der Waals surface area contributed by atoms with E-state index in [9.17, 15) is 22.0 Å². The Morgan fingerprint density at radius 3 is 2.52 bits per heavy atom. The molecule has 1 aromatic rings. The van der Waals surface area contributed by atoms with Gasteiger partial charge in [0.2, 0.25) is 10.0 Å². The van der Waals surface area contributed by atoms with Crippen molar-refractivity contribution in [2.75, 3.05) is 10.5 Å². The van der Waals surface area contributed by atoms with Crippen LogP contribution in [-0.4, -0.2) is 20.0 Å². The SMILES string of the molecule is CC1(C)[C@@H]2CC[C@]1(CS(=O)(=O)Nc1ccc(F)cc1F)C(=O)C2. The molecule has 0 aliphatic heterocycles. The molecule has 4 nitrogen and oxygen atoms in total. The van der Waals surface area contributed by atoms with Gasteiger partial charge in [0.1, 0.15) is 17.4 Å². The Balaban J connectivity index is 1.88. The van der Waals surface area contributed by atoms with Gasteiger partial charge in [0.15, 0.2) is 0 Å². The predicted molar refractivity (Wildman–Crippen MR) is 82.3 cm³/mol. The molecule has 0 amide bonds. The maximum Gasteiger partial charge on any atom is 0.233 e. The Bertz CT molecular complexity index is 776. The molecule has 2 fully saturated rings. The number of Topliss-reactive ketones (excluding diaryl/α,β-unsaturated/α-hetero) is 1. The van der Waals surface area contributed by atoms with Crippen LogP contribution in [0.25, 0.3) is 0 Å². The fraction of sp³-hybridized carbons (Fsp3) is 0.562. The highest BCUT2D eigenvalue weighted by Gasteiger charge is 2.65. The second-order valence-corrected chi connectivity index (χ2v) is 8.87. The van der Waals surface area contributed by atoms with E-state index in [2.05, 4.69) is 4.72 Å². The molecule has 2 atom stereocenters. The third-order valence-corrected chi connectivity index (χ3v) is 7.18. The lowest BCUT2D eigenvalue weighted by Crippen LogP contribution is -2.43. The molecule has 0 aromatic heterocycles. The van der Waals surface area contributed by atoms with Crippen LogP contribution >= 0.6 is 0 Å². The molecule has 7 heteroatoms. The average Bonchev–Trinajstić information content (AvgIpc) is 2.75. The lowest BCUT2D eigenvalue weighted by atomic mass is 9.70. The predicted octanol–water partition coefficient (Wildman–Crippen LogP) is 3.10. The number of benzene rings is 1. The molecule has 2 aliphatic rings. The molecule has 0 unspecified atom stereocenters. The van der Waals surface area contributed by atoms with Crippen molar-refractivity contribution in [3.63, 3.8) is 0 Å². The van der Waals surface area contributed by atoms with E-state index in [0.29, 0.717) is 18.9 Å². The topological polar surface area (TPSA) is 63.2 Å². The summed E-state index contributed by atoms with van der Waals surface area (Å²) in [5.74, 6) is -1.95. The number of sulfonamides is 1. The Labute approximate surface area is 134 Å². The molecule has 0 saturated heterocycles. The molecule has 0 heterocycles. The van der Waals surface area contributed by atoms with Crippen LogP contribution in [0, 0.1) is 28.4 Å². The highest BCUT2D eigenvalue weighted by atomic mass is 32.2. The summed E-state index contributed by atoms with van der Waals surface area (Å²) in [5.41, 5.74) is -1.61. The number of ketones is 1. The Morgan fingerprint density at radius 1 is 1.30 bits per heavy atom. The van der Waals surface area contributed by atoms with Gasteiger partial charge in [0.05, 0.1) is 16.9 Å². The average molecular weight is 343 g/mol. The monoisotopic (exact) mass is 343 g/mol. The zero-order chi connectivity index (χ0) is 17.0. The van der Waals surface area contributed by atoms with Gasteiger partial charge in [-0.3, -0.25) is 9.52 Å². The quantitative estimate of drug-likeness (QED) is 0.914. The fourth-order valence-corrected chi connectivity index (χ4v) is 6.11. The number of carbonyl (C=O) groups is 1. The molecule has 1 N–H and O–H groups in total. The minimum absolute atomic E-state index is 0.0243. The summed E-state index contributed by atoms with van der Waals surface area (Å²) in [6.07, 6.45) is 1.78. The van der Waals surface area contributed by atoms with E-state index in [1.165, 1.54) is 0 Å². The van der Waals surface area contributed by atoms with Crippen LogP contribution in [0.2, 0.25) is 0 Å². The van der Waals surface area contributed by atoms with Crippen LogP contribution in [0.1, 0.15) is 33.1 Å². The van der Waals surface area contributed by atoms with E-state index >= 15 is 0 Å². The zero-order valence-electron chi connectivity index (χ0n) is 13.0. The Hall–Kier alpha value is -1.50. The van der Waals surface area contributed by atoms with Crippen molar-refractivity contribution in [2.24, 2.45) is 16.7 Å². The minimum atomic E-state index is -3.93. The lowest BCUT2D eigenvalue weighted by Gasteiger charge is -2.36. The highest BCUT2D eigenvalue weighted by Crippen LogP contribution is 2.64. The second kappa shape index (κ2) is 5.00. The number of anilines is 1. The van der Waals surface area contributed by atoms with Gasteiger partial charge in [-0.2, -0.15) is 0 Å². The van der Waals surface area contributed by atoms with Crippen molar-refractivity contribution in [3.05, 3.63) is 29.8 Å². The van der Waals surface area contributed by atoms with E-state index in [-0.39, 0.29) is 28.6 Å². The normalized spacial score (nSPS) is 29.0. The van der Waals surface area contributed by atoms with Crippen molar-refractivity contribution < 1.29 is 22.0 Å². The number of nitrogens with one attached hydrogen (secondary N) is 1. The third kappa shape index (κ3) is 2.45. The van der Waals surface area contributed by atoms with Gasteiger partial charge in [-0.15, -0.1) is 0 Å². The van der Waals surface area contributed by atoms with Gasteiger partial charge in [0, 0.05) is 12.5 Å². The van der Waals surface area contributed by atoms with Gasteiger partial charge in [0.25, 0.3) is 0 Å². The van der Waals surface area contributed by atoms with Crippen LogP contribution in [0.15, 0.2) is 18.2 Å². The number of rotatable bonds is 4. The zero-order valence-corrected chi connectivity index (χ0v) is 13.8. The maximum atomic E-state index is 13.7. The highest BCUT2D eigenvalue weighted by molar-refractivity contribution is 7.92. The Kier molecular flexibility index (Phi) is 3.55. The van der Waals surface area contributed by atoms with Crippen LogP contribution < -0.4 is 4.72 Å². The number of hydrogen-bond acceptors (Lipinski definition) is 3. The first-order valence-corrected chi connectivity index (χ1v) is 9.21. The second-order valence-electron chi connectivity index (χ2n) is 7.15. The smallest absolute Gasteiger partial charge is 0.233 e. The molecule has 1 aromatic carbocycles. The molecule has 2 saturated carbocycles. The molecule has 2 aliphatic carbocycles. The summed E-state index contributed by atoms with van der Waals surface area (Å²) >= 11 is 0. The maximum absolute atomic E-state index is 13.7. The molecule has 23 heavy (non-hydrogen) atoms. The van der Waals surface area contributed by atoms with E-state index < -0.39 is 27.1 Å². The van der Waals surface area contributed by atoms with Crippen LogP contribution in [0.5, 0.6) is 0 Å². The number of fused-ring (bicyclic) bond motifs is 2. The van der Waals surface area contributed by atoms with Crippen molar-refractivity contribution in [1.29, 1.82) is 0 Å². The Morgan fingerprint density at radius 2 is 2.00 bits per heavy atom. The van der Waals surface area contributed by atoms with E-state index in [1.807, 2.05) is 13.8 Å². The van der Waals surface area contributed by atoms with Crippen molar-refractivity contribution in [2.45, 2.75) is 33.1 Å². The van der Waals surface area contributed by atoms with Gasteiger partial charge in [-0.05, 0) is 36.3 Å². The van der Waals surface area contributed by atoms with Gasteiger partial charge in [-0.1, -0.05) is 13.8 Å². The molecule has 126 valence electrons. The van der Waals surface area contributed by atoms with Crippen molar-refractivity contribution in [1.82, 2.24) is 0 Å². The first-order chi connectivity index (χ1) is 10.6.